The number of carbonyl (C=O) groups excluding carboxylic acids is 1. The minimum absolute atomic E-state index is 0.0290. The zero-order valence-electron chi connectivity index (χ0n) is 11.2. The number of benzene rings is 1. The highest BCUT2D eigenvalue weighted by Crippen LogP contribution is 2.33. The molecular formula is C13H17N3O4. The SMILES string of the molecule is COc1cc(N[C@H]2CCC[C@@H]2C(N)=O)ccc1[N+](=O)[O-]. The van der Waals surface area contributed by atoms with Crippen molar-refractivity contribution in [1.29, 1.82) is 0 Å². The summed E-state index contributed by atoms with van der Waals surface area (Å²) in [6, 6.07) is 4.53. The Morgan fingerprint density at radius 3 is 2.85 bits per heavy atom. The number of ether oxygens (including phenoxy) is 1. The molecule has 20 heavy (non-hydrogen) atoms. The molecule has 0 spiro atoms. The molecule has 2 rings (SSSR count). The molecule has 0 bridgehead atoms. The first-order chi connectivity index (χ1) is 9.52. The van der Waals surface area contributed by atoms with Crippen LogP contribution in [-0.4, -0.2) is 24.0 Å². The standard InChI is InChI=1S/C13H17N3O4/c1-20-12-7-8(5-6-11(12)16(18)19)15-10-4-2-3-9(10)13(14)17/h5-7,9-10,15H,2-4H2,1H3,(H2,14,17)/t9-,10-/m0/s1. The lowest BCUT2D eigenvalue weighted by Crippen LogP contribution is -2.34. The lowest BCUT2D eigenvalue weighted by Gasteiger charge is -2.19. The number of anilines is 1. The number of hydrogen-bond donors (Lipinski definition) is 2. The maximum atomic E-state index is 11.3. The Kier molecular flexibility index (Phi) is 4.07. The first kappa shape index (κ1) is 14.1. The van der Waals surface area contributed by atoms with Gasteiger partial charge in [-0.3, -0.25) is 14.9 Å². The van der Waals surface area contributed by atoms with Crippen LogP contribution in [0.15, 0.2) is 18.2 Å². The number of methoxy groups -OCH3 is 1. The first-order valence-corrected chi connectivity index (χ1v) is 6.41. The number of nitrogens with one attached hydrogen (secondary N) is 1. The molecule has 0 unspecified atom stereocenters. The van der Waals surface area contributed by atoms with Crippen LogP contribution in [0.1, 0.15) is 19.3 Å². The van der Waals surface area contributed by atoms with Crippen LogP contribution in [-0.2, 0) is 4.79 Å². The predicted octanol–water partition coefficient (Wildman–Crippen LogP) is 1.67. The molecule has 1 aliphatic rings. The van der Waals surface area contributed by atoms with Gasteiger partial charge in [-0.25, -0.2) is 0 Å². The Hall–Kier alpha value is -2.31. The summed E-state index contributed by atoms with van der Waals surface area (Å²) in [6.45, 7) is 0. The molecule has 2 atom stereocenters. The summed E-state index contributed by atoms with van der Waals surface area (Å²) in [5.41, 5.74) is 5.97. The first-order valence-electron chi connectivity index (χ1n) is 6.41. The van der Waals surface area contributed by atoms with Crippen molar-refractivity contribution in [1.82, 2.24) is 0 Å². The smallest absolute Gasteiger partial charge is 0.311 e. The number of nitrogens with two attached hydrogens (primary N) is 1. The molecule has 1 amide bonds. The van der Waals surface area contributed by atoms with E-state index < -0.39 is 4.92 Å². The van der Waals surface area contributed by atoms with Gasteiger partial charge in [0, 0.05) is 23.9 Å². The van der Waals surface area contributed by atoms with Crippen molar-refractivity contribution in [2.75, 3.05) is 12.4 Å². The quantitative estimate of drug-likeness (QED) is 0.629. The molecule has 0 saturated heterocycles. The number of nitrogens with zero attached hydrogens (tertiary/aromatic N) is 1. The Labute approximate surface area is 116 Å². The number of nitro groups is 1. The number of nitro benzene ring substituents is 1. The van der Waals surface area contributed by atoms with Crippen molar-refractivity contribution in [3.8, 4) is 5.75 Å². The third-order valence-electron chi connectivity index (χ3n) is 3.61. The van der Waals surface area contributed by atoms with E-state index in [0.717, 1.165) is 19.3 Å². The van der Waals surface area contributed by atoms with Crippen LogP contribution >= 0.6 is 0 Å². The zero-order chi connectivity index (χ0) is 14.7. The average molecular weight is 279 g/mol. The molecule has 0 aliphatic heterocycles. The Morgan fingerprint density at radius 1 is 1.50 bits per heavy atom. The number of hydrogen-bond acceptors (Lipinski definition) is 5. The Balaban J connectivity index is 2.17. The summed E-state index contributed by atoms with van der Waals surface area (Å²) in [4.78, 5) is 21.7. The van der Waals surface area contributed by atoms with Crippen LogP contribution in [0.25, 0.3) is 0 Å². The van der Waals surface area contributed by atoms with Gasteiger partial charge in [-0.05, 0) is 18.9 Å². The Bertz CT molecular complexity index is 532. The van der Waals surface area contributed by atoms with E-state index in [0.29, 0.717) is 5.69 Å². The van der Waals surface area contributed by atoms with E-state index in [1.165, 1.54) is 13.2 Å². The van der Waals surface area contributed by atoms with Gasteiger partial charge in [-0.2, -0.15) is 0 Å². The van der Waals surface area contributed by atoms with Gasteiger partial charge in [0.15, 0.2) is 5.75 Å². The Morgan fingerprint density at radius 2 is 2.25 bits per heavy atom. The number of carbonyl (C=O) groups is 1. The fourth-order valence-electron chi connectivity index (χ4n) is 2.61. The molecule has 108 valence electrons. The van der Waals surface area contributed by atoms with Gasteiger partial charge in [0.1, 0.15) is 0 Å². The third-order valence-corrected chi connectivity index (χ3v) is 3.61. The maximum absolute atomic E-state index is 11.3. The van der Waals surface area contributed by atoms with E-state index in [1.807, 2.05) is 0 Å². The van der Waals surface area contributed by atoms with Crippen molar-refractivity contribution in [2.45, 2.75) is 25.3 Å². The number of primary amides is 1. The highest BCUT2D eigenvalue weighted by Gasteiger charge is 2.31. The van der Waals surface area contributed by atoms with Gasteiger partial charge in [0.05, 0.1) is 18.0 Å². The second kappa shape index (κ2) is 5.77. The molecule has 7 nitrogen and oxygen atoms in total. The molecular weight excluding hydrogens is 262 g/mol. The van der Waals surface area contributed by atoms with Gasteiger partial charge < -0.3 is 15.8 Å². The summed E-state index contributed by atoms with van der Waals surface area (Å²) in [6.07, 6.45) is 2.57. The minimum atomic E-state index is -0.496. The lowest BCUT2D eigenvalue weighted by atomic mass is 10.0. The summed E-state index contributed by atoms with van der Waals surface area (Å²) in [7, 11) is 1.38. The highest BCUT2D eigenvalue weighted by molar-refractivity contribution is 5.78. The summed E-state index contributed by atoms with van der Waals surface area (Å²) < 4.78 is 5.01. The van der Waals surface area contributed by atoms with Crippen LogP contribution in [0.5, 0.6) is 5.75 Å². The molecule has 1 aromatic carbocycles. The van der Waals surface area contributed by atoms with Crippen LogP contribution in [0.4, 0.5) is 11.4 Å². The maximum Gasteiger partial charge on any atom is 0.311 e. The average Bonchev–Trinajstić information content (AvgIpc) is 2.86. The van der Waals surface area contributed by atoms with Gasteiger partial charge >= 0.3 is 5.69 Å². The molecule has 0 aromatic heterocycles. The lowest BCUT2D eigenvalue weighted by molar-refractivity contribution is -0.385. The minimum Gasteiger partial charge on any atom is -0.490 e. The monoisotopic (exact) mass is 279 g/mol. The largest absolute Gasteiger partial charge is 0.490 e. The van der Waals surface area contributed by atoms with Crippen LogP contribution in [0, 0.1) is 16.0 Å². The second-order valence-corrected chi connectivity index (χ2v) is 4.83. The van der Waals surface area contributed by atoms with E-state index in [9.17, 15) is 14.9 Å². The van der Waals surface area contributed by atoms with Gasteiger partial charge in [-0.15, -0.1) is 0 Å². The summed E-state index contributed by atoms with van der Waals surface area (Å²) in [5.74, 6) is -0.321. The number of amides is 1. The summed E-state index contributed by atoms with van der Waals surface area (Å²) >= 11 is 0. The fraction of sp³-hybridized carbons (Fsp3) is 0.462. The normalized spacial score (nSPS) is 21.4. The van der Waals surface area contributed by atoms with Crippen molar-refractivity contribution >= 4 is 17.3 Å². The molecule has 3 N–H and O–H groups in total. The van der Waals surface area contributed by atoms with Crippen molar-refractivity contribution in [3.63, 3.8) is 0 Å². The van der Waals surface area contributed by atoms with E-state index in [-0.39, 0.29) is 29.3 Å². The highest BCUT2D eigenvalue weighted by atomic mass is 16.6. The van der Waals surface area contributed by atoms with Crippen LogP contribution in [0.2, 0.25) is 0 Å². The predicted molar refractivity (Wildman–Crippen MR) is 73.6 cm³/mol. The molecule has 1 saturated carbocycles. The van der Waals surface area contributed by atoms with E-state index in [2.05, 4.69) is 5.32 Å². The molecule has 0 radical (unpaired) electrons. The zero-order valence-corrected chi connectivity index (χ0v) is 11.2. The molecule has 1 fully saturated rings. The van der Waals surface area contributed by atoms with Gasteiger partial charge in [0.25, 0.3) is 0 Å². The van der Waals surface area contributed by atoms with Crippen molar-refractivity contribution in [2.24, 2.45) is 11.7 Å². The molecule has 1 aromatic rings. The van der Waals surface area contributed by atoms with Gasteiger partial charge in [0.2, 0.25) is 5.91 Å². The second-order valence-electron chi connectivity index (χ2n) is 4.83. The molecule has 7 heteroatoms. The van der Waals surface area contributed by atoms with Crippen molar-refractivity contribution in [3.05, 3.63) is 28.3 Å². The van der Waals surface area contributed by atoms with Crippen LogP contribution in [0.3, 0.4) is 0 Å². The van der Waals surface area contributed by atoms with E-state index >= 15 is 0 Å². The van der Waals surface area contributed by atoms with Gasteiger partial charge in [-0.1, -0.05) is 6.42 Å². The third kappa shape index (κ3) is 2.81. The topological polar surface area (TPSA) is 107 Å². The van der Waals surface area contributed by atoms with E-state index in [1.54, 1.807) is 12.1 Å². The van der Waals surface area contributed by atoms with E-state index in [4.69, 9.17) is 10.5 Å². The van der Waals surface area contributed by atoms with Crippen molar-refractivity contribution < 1.29 is 14.5 Å². The molecule has 0 heterocycles. The fourth-order valence-corrected chi connectivity index (χ4v) is 2.61. The molecule has 1 aliphatic carbocycles. The van der Waals surface area contributed by atoms with Crippen LogP contribution < -0.4 is 15.8 Å². The number of rotatable bonds is 5. The summed E-state index contributed by atoms with van der Waals surface area (Å²) in [5, 5.41) is 14.0.